The van der Waals surface area contributed by atoms with Gasteiger partial charge in [-0.15, -0.1) is 0 Å². The van der Waals surface area contributed by atoms with Gasteiger partial charge in [0.15, 0.2) is 18.9 Å². The van der Waals surface area contributed by atoms with Crippen LogP contribution in [0.25, 0.3) is 10.8 Å². The zero-order valence-electron chi connectivity index (χ0n) is 44.6. The quantitative estimate of drug-likeness (QED) is 0.108. The summed E-state index contributed by atoms with van der Waals surface area (Å²) < 4.78 is 37.5. The Hall–Kier alpha value is -2.65. The van der Waals surface area contributed by atoms with E-state index in [1.54, 1.807) is 0 Å². The number of ether oxygens (including phenoxy) is 6. The Morgan fingerprint density at radius 3 is 1.92 bits per heavy atom. The van der Waals surface area contributed by atoms with Crippen LogP contribution < -0.4 is 5.32 Å². The van der Waals surface area contributed by atoms with Gasteiger partial charge in [-0.05, 0) is 159 Å². The predicted molar refractivity (Wildman–Crippen MR) is 273 cm³/mol. The molecule has 16 nitrogen and oxygen atoms in total. The van der Waals surface area contributed by atoms with Gasteiger partial charge in [-0.1, -0.05) is 77.1 Å². The first-order valence-electron chi connectivity index (χ1n) is 27.7. The van der Waals surface area contributed by atoms with Crippen molar-refractivity contribution in [3.63, 3.8) is 0 Å². The number of allylic oxidation sites excluding steroid dienone is 1. The Balaban J connectivity index is 0.897. The third kappa shape index (κ3) is 8.58. The fourth-order valence-corrected chi connectivity index (χ4v) is 17.5. The van der Waals surface area contributed by atoms with Gasteiger partial charge in [0.25, 0.3) is 0 Å². The van der Waals surface area contributed by atoms with E-state index in [0.717, 1.165) is 74.2 Å². The number of benzene rings is 2. The monoisotopic (exact) mass is 1040 g/mol. The highest BCUT2D eigenvalue weighted by Gasteiger charge is 2.72. The summed E-state index contributed by atoms with van der Waals surface area (Å²) in [6.45, 7) is 21.2. The van der Waals surface area contributed by atoms with Crippen LogP contribution in [-0.2, 0) is 33.2 Å². The van der Waals surface area contributed by atoms with E-state index < -0.39 is 116 Å². The van der Waals surface area contributed by atoms with Gasteiger partial charge in [-0.25, -0.2) is 0 Å². The minimum Gasteiger partial charge on any atom is -0.394 e. The summed E-state index contributed by atoms with van der Waals surface area (Å²) in [5.41, 5.74) is 0.990. The molecular weight excluding hydrogens is 951 g/mol. The van der Waals surface area contributed by atoms with Crippen LogP contribution in [0.1, 0.15) is 120 Å². The second-order valence-electron chi connectivity index (χ2n) is 25.6. The van der Waals surface area contributed by atoms with Gasteiger partial charge in [0, 0.05) is 5.69 Å². The molecule has 74 heavy (non-hydrogen) atoms. The van der Waals surface area contributed by atoms with E-state index in [9.17, 15) is 45.6 Å². The molecular formula is C58H85NO15. The Bertz CT molecular complexity index is 2390. The lowest BCUT2D eigenvalue weighted by molar-refractivity contribution is -0.393. The third-order valence-corrected chi connectivity index (χ3v) is 21.8. The average molecular weight is 1040 g/mol. The average Bonchev–Trinajstić information content (AvgIpc) is 3.78. The summed E-state index contributed by atoms with van der Waals surface area (Å²) in [5.74, 6) is 1.58. The van der Waals surface area contributed by atoms with Crippen molar-refractivity contribution in [3.05, 3.63) is 54.6 Å². The van der Waals surface area contributed by atoms with Crippen LogP contribution in [0.2, 0.25) is 0 Å². The third-order valence-electron chi connectivity index (χ3n) is 21.8. The summed E-state index contributed by atoms with van der Waals surface area (Å²) in [7, 11) is 0. The Kier molecular flexibility index (Phi) is 14.7. The summed E-state index contributed by atoms with van der Waals surface area (Å²) in [6.07, 6.45) is -13.1. The molecule has 3 heterocycles. The molecule has 1 amide bonds. The molecule has 5 saturated carbocycles. The summed E-state index contributed by atoms with van der Waals surface area (Å²) in [5, 5.41) is 93.0. The number of anilines is 1. The van der Waals surface area contributed by atoms with Crippen molar-refractivity contribution in [2.45, 2.75) is 218 Å². The standard InChI is InChI=1S/C58H85NO15/c1-28(2)34-18-23-58(53(68)59-33-15-14-31-12-10-11-13-32(31)26-33)25-24-56(8)35(40(34)58)16-17-38-55(7)21-20-39(54(5,6)37(55)19-22-57(38,56)9)72-52-49(74-51-46(66)44(64)42(62)30(4)70-51)47(67)48(36(27-60)71-52)73-50-45(65)43(63)41(61)29(3)69-50/h10-15,26,29-30,34-52,60-67H,1,16-25,27H2,2-9H3,(H,59,68)/t29-,30-,34-,35+,36+,37-,38+,39-,40+,41-,42-,43+,44+,45+,46+,47-,48+,49+,50-,51-,52-,55-,56+,57+,58-/m0/s1. The Morgan fingerprint density at radius 1 is 0.649 bits per heavy atom. The van der Waals surface area contributed by atoms with Crippen molar-refractivity contribution in [2.24, 2.45) is 56.7 Å². The molecule has 10 rings (SSSR count). The number of aliphatic hydroxyl groups excluding tert-OH is 8. The maximum atomic E-state index is 15.0. The molecule has 0 unspecified atom stereocenters. The number of hydrogen-bond donors (Lipinski definition) is 9. The smallest absolute Gasteiger partial charge is 0.230 e. The number of hydrogen-bond acceptors (Lipinski definition) is 15. The van der Waals surface area contributed by atoms with E-state index in [1.165, 1.54) is 19.4 Å². The number of carbonyl (C=O) groups excluding carboxylic acids is 1. The first-order chi connectivity index (χ1) is 34.9. The van der Waals surface area contributed by atoms with Crippen molar-refractivity contribution >= 4 is 22.4 Å². The summed E-state index contributed by atoms with van der Waals surface area (Å²) >= 11 is 0. The van der Waals surface area contributed by atoms with E-state index in [4.69, 9.17) is 28.4 Å². The first-order valence-corrected chi connectivity index (χ1v) is 27.7. The van der Waals surface area contributed by atoms with Crippen LogP contribution in [0.3, 0.4) is 0 Å². The van der Waals surface area contributed by atoms with E-state index >= 15 is 0 Å². The molecule has 0 spiro atoms. The number of nitrogens with one attached hydrogen (secondary N) is 1. The molecule has 5 aliphatic carbocycles. The van der Waals surface area contributed by atoms with Crippen LogP contribution in [0.4, 0.5) is 5.69 Å². The topological polar surface area (TPSA) is 246 Å². The highest BCUT2D eigenvalue weighted by atomic mass is 16.8. The van der Waals surface area contributed by atoms with E-state index in [1.807, 2.05) is 18.2 Å². The van der Waals surface area contributed by atoms with E-state index in [-0.39, 0.29) is 39.9 Å². The molecule has 8 fully saturated rings. The normalized spacial score (nSPS) is 50.0. The second-order valence-corrected chi connectivity index (χ2v) is 25.6. The van der Waals surface area contributed by atoms with Gasteiger partial charge in [-0.2, -0.15) is 0 Å². The van der Waals surface area contributed by atoms with Crippen molar-refractivity contribution in [3.8, 4) is 0 Å². The van der Waals surface area contributed by atoms with Gasteiger partial charge in [0.05, 0.1) is 30.3 Å². The van der Waals surface area contributed by atoms with Crippen LogP contribution >= 0.6 is 0 Å². The van der Waals surface area contributed by atoms with Gasteiger partial charge >= 0.3 is 0 Å². The minimum absolute atomic E-state index is 0.00924. The predicted octanol–water partition coefficient (Wildman–Crippen LogP) is 5.32. The lowest BCUT2D eigenvalue weighted by Crippen LogP contribution is -2.68. The highest BCUT2D eigenvalue weighted by Crippen LogP contribution is 2.78. The zero-order chi connectivity index (χ0) is 53.2. The van der Waals surface area contributed by atoms with Gasteiger partial charge < -0.3 is 74.6 Å². The van der Waals surface area contributed by atoms with Crippen molar-refractivity contribution in [1.29, 1.82) is 0 Å². The summed E-state index contributed by atoms with van der Waals surface area (Å²) in [4.78, 5) is 15.0. The molecule has 2 aromatic rings. The van der Waals surface area contributed by atoms with Crippen molar-refractivity contribution in [2.75, 3.05) is 11.9 Å². The van der Waals surface area contributed by atoms with Gasteiger partial charge in [-0.3, -0.25) is 4.79 Å². The number of amides is 1. The molecule has 412 valence electrons. The molecule has 2 aromatic carbocycles. The fourth-order valence-electron chi connectivity index (χ4n) is 17.5. The molecule has 3 saturated heterocycles. The van der Waals surface area contributed by atoms with E-state index in [0.29, 0.717) is 18.3 Å². The SMILES string of the molecule is C=C(C)[C@@H]1CC[C@]2(C(=O)Nc3ccc4ccccc4c3)CC[C@]3(C)[C@H](CC[C@@H]4[C@@]5(C)CC[C@H](O[C@@H]6O[C@H](CO)[C@@H](O[C@@H]7O[C@@H](C)[C@H](O)[C@@H](O)[C@H]7O)[C@H](O)[C@H]6O[C@@H]6O[C@@H](C)[C@H](O)[C@@H](O)[C@H]6O)C(C)(C)[C@@H]5CC[C@]43C)[C@@H]12. The molecule has 9 N–H and O–H groups in total. The maximum Gasteiger partial charge on any atom is 0.230 e. The van der Waals surface area contributed by atoms with Crippen molar-refractivity contribution < 1.29 is 74.1 Å². The minimum atomic E-state index is -1.74. The maximum absolute atomic E-state index is 15.0. The second kappa shape index (κ2) is 19.9. The highest BCUT2D eigenvalue weighted by molar-refractivity contribution is 5.98. The largest absolute Gasteiger partial charge is 0.394 e. The van der Waals surface area contributed by atoms with Crippen LogP contribution in [0.15, 0.2) is 54.6 Å². The van der Waals surface area contributed by atoms with Crippen LogP contribution in [0.5, 0.6) is 0 Å². The fraction of sp³-hybridized carbons (Fsp3) is 0.776. The Morgan fingerprint density at radius 2 is 1.28 bits per heavy atom. The number of rotatable bonds is 10. The summed E-state index contributed by atoms with van der Waals surface area (Å²) in [6, 6.07) is 14.5. The Labute approximate surface area is 436 Å². The van der Waals surface area contributed by atoms with Crippen molar-refractivity contribution in [1.82, 2.24) is 0 Å². The zero-order valence-corrected chi connectivity index (χ0v) is 44.6. The molecule has 0 radical (unpaired) electrons. The lowest BCUT2D eigenvalue weighted by Gasteiger charge is -2.73. The number of carbonyl (C=O) groups is 1. The van der Waals surface area contributed by atoms with Gasteiger partial charge in [0.2, 0.25) is 5.91 Å². The molecule has 0 aromatic heterocycles. The molecule has 0 bridgehead atoms. The van der Waals surface area contributed by atoms with Gasteiger partial charge in [0.1, 0.15) is 61.0 Å². The first kappa shape index (κ1) is 54.7. The molecule has 3 aliphatic heterocycles. The lowest BCUT2D eigenvalue weighted by atomic mass is 9.32. The molecule has 25 atom stereocenters. The van der Waals surface area contributed by atoms with E-state index in [2.05, 4.69) is 77.7 Å². The number of fused-ring (bicyclic) bond motifs is 8. The van der Waals surface area contributed by atoms with Crippen LogP contribution in [0, 0.1) is 56.7 Å². The number of aliphatic hydroxyl groups is 8. The molecule has 8 aliphatic rings. The molecule has 16 heteroatoms. The van der Waals surface area contributed by atoms with Crippen LogP contribution in [-0.4, -0.2) is 152 Å².